The van der Waals surface area contributed by atoms with E-state index in [9.17, 15) is 18.4 Å². The number of nitrogens with one attached hydrogen (secondary N) is 2. The summed E-state index contributed by atoms with van der Waals surface area (Å²) >= 11 is 2.42. The van der Waals surface area contributed by atoms with E-state index in [0.717, 1.165) is 28.8 Å². The summed E-state index contributed by atoms with van der Waals surface area (Å²) in [7, 11) is 0. The van der Waals surface area contributed by atoms with Crippen LogP contribution in [0.4, 0.5) is 20.2 Å². The third-order valence-corrected chi connectivity index (χ3v) is 5.27. The van der Waals surface area contributed by atoms with Gasteiger partial charge < -0.3 is 10.6 Å². The lowest BCUT2D eigenvalue weighted by Crippen LogP contribution is -2.19. The first kappa shape index (κ1) is 16.8. The summed E-state index contributed by atoms with van der Waals surface area (Å²) in [5.74, 6) is -1.40. The lowest BCUT2D eigenvalue weighted by atomic mass is 10.2. The molecule has 0 fully saturated rings. The fraction of sp³-hybridized carbons (Fsp3) is 0.125. The Morgan fingerprint density at radius 3 is 2.88 bits per heavy atom. The number of rotatable bonds is 4. The fourth-order valence-electron chi connectivity index (χ4n) is 2.09. The molecule has 0 saturated heterocycles. The minimum absolute atomic E-state index is 0.0131. The van der Waals surface area contributed by atoms with Gasteiger partial charge in [-0.15, -0.1) is 23.5 Å². The van der Waals surface area contributed by atoms with Crippen LogP contribution in [0.3, 0.4) is 0 Å². The van der Waals surface area contributed by atoms with E-state index in [1.54, 1.807) is 12.1 Å². The molecule has 3 rings (SSSR count). The number of anilines is 2. The van der Waals surface area contributed by atoms with Crippen LogP contribution in [0.2, 0.25) is 0 Å². The first-order valence-electron chi connectivity index (χ1n) is 6.95. The van der Waals surface area contributed by atoms with Crippen LogP contribution < -0.4 is 10.6 Å². The average Bonchev–Trinajstić information content (AvgIpc) is 2.53. The van der Waals surface area contributed by atoms with Crippen molar-refractivity contribution in [2.45, 2.75) is 9.79 Å². The number of carbonyl (C=O) groups excluding carboxylic acids is 2. The van der Waals surface area contributed by atoms with Gasteiger partial charge in [0.2, 0.25) is 11.8 Å². The molecule has 0 spiro atoms. The first-order valence-corrected chi connectivity index (χ1v) is 8.93. The van der Waals surface area contributed by atoms with Crippen LogP contribution in [-0.2, 0) is 9.59 Å². The maximum Gasteiger partial charge on any atom is 0.234 e. The summed E-state index contributed by atoms with van der Waals surface area (Å²) in [6.45, 7) is 0. The van der Waals surface area contributed by atoms with Gasteiger partial charge in [0.15, 0.2) is 0 Å². The minimum Gasteiger partial charge on any atom is -0.325 e. The molecular weight excluding hydrogens is 354 g/mol. The highest BCUT2D eigenvalue weighted by molar-refractivity contribution is 8.00. The summed E-state index contributed by atoms with van der Waals surface area (Å²) in [5, 5.41) is 5.43. The molecule has 1 aliphatic heterocycles. The number of hydrogen-bond acceptors (Lipinski definition) is 4. The van der Waals surface area contributed by atoms with Gasteiger partial charge in [-0.25, -0.2) is 8.78 Å². The van der Waals surface area contributed by atoms with Crippen molar-refractivity contribution >= 4 is 46.7 Å². The molecule has 8 heteroatoms. The molecule has 124 valence electrons. The zero-order valence-electron chi connectivity index (χ0n) is 12.3. The molecule has 0 saturated carbocycles. The average molecular weight is 366 g/mol. The molecule has 2 aromatic carbocycles. The van der Waals surface area contributed by atoms with Crippen LogP contribution in [0.1, 0.15) is 0 Å². The Morgan fingerprint density at radius 2 is 2.08 bits per heavy atom. The quantitative estimate of drug-likeness (QED) is 0.810. The normalized spacial score (nSPS) is 13.2. The first-order chi connectivity index (χ1) is 11.5. The van der Waals surface area contributed by atoms with Gasteiger partial charge in [-0.2, -0.15) is 0 Å². The largest absolute Gasteiger partial charge is 0.325 e. The van der Waals surface area contributed by atoms with Gasteiger partial charge in [0.25, 0.3) is 0 Å². The second kappa shape index (κ2) is 7.23. The number of halogens is 2. The van der Waals surface area contributed by atoms with Gasteiger partial charge >= 0.3 is 0 Å². The molecule has 0 bridgehead atoms. The van der Waals surface area contributed by atoms with E-state index < -0.39 is 11.6 Å². The summed E-state index contributed by atoms with van der Waals surface area (Å²) in [5.41, 5.74) is 1.20. The summed E-state index contributed by atoms with van der Waals surface area (Å²) < 4.78 is 26.4. The molecule has 0 radical (unpaired) electrons. The standard InChI is InChI=1S/C16H12F2N2O2S2/c17-9-1-3-13(11(18)5-9)23-7-15(21)19-10-2-4-14-12(6-10)20-16(22)8-24-14/h1-6H,7-8H2,(H,19,21)(H,20,22). The molecule has 0 aromatic heterocycles. The highest BCUT2D eigenvalue weighted by atomic mass is 32.2. The number of carbonyl (C=O) groups is 2. The van der Waals surface area contributed by atoms with Crippen LogP contribution in [-0.4, -0.2) is 23.3 Å². The summed E-state index contributed by atoms with van der Waals surface area (Å²) in [4.78, 5) is 24.5. The molecule has 0 aliphatic carbocycles. The van der Waals surface area contributed by atoms with Crippen molar-refractivity contribution in [2.75, 3.05) is 22.1 Å². The van der Waals surface area contributed by atoms with Crippen molar-refractivity contribution in [3.05, 3.63) is 48.0 Å². The second-order valence-electron chi connectivity index (χ2n) is 4.96. The smallest absolute Gasteiger partial charge is 0.234 e. The highest BCUT2D eigenvalue weighted by Crippen LogP contribution is 2.33. The number of fused-ring (bicyclic) bond motifs is 1. The molecule has 1 heterocycles. The van der Waals surface area contributed by atoms with Crippen molar-refractivity contribution in [3.63, 3.8) is 0 Å². The minimum atomic E-state index is -0.693. The Labute approximate surface area is 145 Å². The molecule has 4 nitrogen and oxygen atoms in total. The Bertz CT molecular complexity index is 815. The molecule has 2 amide bonds. The second-order valence-corrected chi connectivity index (χ2v) is 6.99. The van der Waals surface area contributed by atoms with Crippen molar-refractivity contribution in [1.82, 2.24) is 0 Å². The molecule has 24 heavy (non-hydrogen) atoms. The Balaban J connectivity index is 1.61. The van der Waals surface area contributed by atoms with Gasteiger partial charge in [0.1, 0.15) is 11.6 Å². The summed E-state index contributed by atoms with van der Waals surface area (Å²) in [6.07, 6.45) is 0. The van der Waals surface area contributed by atoms with Crippen molar-refractivity contribution in [2.24, 2.45) is 0 Å². The van der Waals surface area contributed by atoms with Crippen molar-refractivity contribution < 1.29 is 18.4 Å². The molecule has 2 aromatic rings. The van der Waals surface area contributed by atoms with E-state index in [0.29, 0.717) is 17.1 Å². The maximum atomic E-state index is 13.5. The summed E-state index contributed by atoms with van der Waals surface area (Å²) in [6, 6.07) is 8.47. The zero-order chi connectivity index (χ0) is 17.1. The number of thioether (sulfide) groups is 2. The lowest BCUT2D eigenvalue weighted by Gasteiger charge is -2.17. The van der Waals surface area contributed by atoms with E-state index in [4.69, 9.17) is 0 Å². The SMILES string of the molecule is O=C(CSc1ccc(F)cc1F)Nc1ccc2c(c1)NC(=O)CS2. The molecular formula is C16H12F2N2O2S2. The maximum absolute atomic E-state index is 13.5. The highest BCUT2D eigenvalue weighted by Gasteiger charge is 2.16. The number of benzene rings is 2. The molecule has 1 aliphatic rings. The number of amides is 2. The third-order valence-electron chi connectivity index (χ3n) is 3.15. The van der Waals surface area contributed by atoms with E-state index in [2.05, 4.69) is 10.6 Å². The van der Waals surface area contributed by atoms with Crippen LogP contribution >= 0.6 is 23.5 Å². The van der Waals surface area contributed by atoms with Crippen LogP contribution in [0.15, 0.2) is 46.2 Å². The fourth-order valence-corrected chi connectivity index (χ4v) is 3.60. The van der Waals surface area contributed by atoms with Crippen LogP contribution in [0, 0.1) is 11.6 Å². The van der Waals surface area contributed by atoms with Crippen LogP contribution in [0.5, 0.6) is 0 Å². The molecule has 2 N–H and O–H groups in total. The third kappa shape index (κ3) is 4.07. The zero-order valence-corrected chi connectivity index (χ0v) is 13.9. The van der Waals surface area contributed by atoms with E-state index in [-0.39, 0.29) is 22.5 Å². The monoisotopic (exact) mass is 366 g/mol. The van der Waals surface area contributed by atoms with Gasteiger partial charge in [0, 0.05) is 21.5 Å². The van der Waals surface area contributed by atoms with E-state index in [1.165, 1.54) is 17.8 Å². The van der Waals surface area contributed by atoms with Gasteiger partial charge in [0.05, 0.1) is 17.2 Å². The van der Waals surface area contributed by atoms with Gasteiger partial charge in [-0.3, -0.25) is 9.59 Å². The Kier molecular flexibility index (Phi) is 5.06. The lowest BCUT2D eigenvalue weighted by molar-refractivity contribution is -0.114. The van der Waals surface area contributed by atoms with Gasteiger partial charge in [-0.05, 0) is 30.3 Å². The number of hydrogen-bond donors (Lipinski definition) is 2. The Hall–Kier alpha value is -2.06. The van der Waals surface area contributed by atoms with E-state index >= 15 is 0 Å². The predicted octanol–water partition coefficient (Wildman–Crippen LogP) is 3.74. The van der Waals surface area contributed by atoms with E-state index in [1.807, 2.05) is 6.07 Å². The molecule has 0 atom stereocenters. The predicted molar refractivity (Wildman–Crippen MR) is 91.5 cm³/mol. The van der Waals surface area contributed by atoms with Gasteiger partial charge in [-0.1, -0.05) is 0 Å². The Morgan fingerprint density at radius 1 is 1.25 bits per heavy atom. The topological polar surface area (TPSA) is 58.2 Å². The van der Waals surface area contributed by atoms with Crippen molar-refractivity contribution in [1.29, 1.82) is 0 Å². The van der Waals surface area contributed by atoms with Crippen molar-refractivity contribution in [3.8, 4) is 0 Å². The van der Waals surface area contributed by atoms with Crippen LogP contribution in [0.25, 0.3) is 0 Å². The molecule has 0 unspecified atom stereocenters.